The number of nitrogens with zero attached hydrogens (tertiary/aromatic N) is 1. The average molecular weight is 302 g/mol. The Morgan fingerprint density at radius 1 is 1.05 bits per heavy atom. The van der Waals surface area contributed by atoms with Gasteiger partial charge in [-0.2, -0.15) is 5.26 Å². The van der Waals surface area contributed by atoms with Crippen molar-refractivity contribution in [3.8, 4) is 6.07 Å². The van der Waals surface area contributed by atoms with E-state index in [2.05, 4.69) is 4.72 Å². The van der Waals surface area contributed by atoms with Crippen LogP contribution in [0.2, 0.25) is 0 Å². The fraction of sp³-hybridized carbons (Fsp3) is 0.133. The molecule has 0 fully saturated rings. The minimum absolute atomic E-state index is 0.0963. The molecule has 0 amide bonds. The lowest BCUT2D eigenvalue weighted by Gasteiger charge is -2.09. The molecule has 0 aliphatic heterocycles. The van der Waals surface area contributed by atoms with Crippen LogP contribution in [0.3, 0.4) is 0 Å². The molecule has 0 aliphatic rings. The van der Waals surface area contributed by atoms with E-state index in [1.807, 2.05) is 6.07 Å². The summed E-state index contributed by atoms with van der Waals surface area (Å²) in [7, 11) is -3.65. The van der Waals surface area contributed by atoms with Crippen LogP contribution in [0.25, 0.3) is 0 Å². The molecule has 2 rings (SSSR count). The number of hydrogen-bond acceptors (Lipinski definition) is 4. The summed E-state index contributed by atoms with van der Waals surface area (Å²) in [6, 6.07) is 14.7. The minimum atomic E-state index is -3.65. The first-order chi connectivity index (χ1) is 10.1. The van der Waals surface area contributed by atoms with Crippen LogP contribution in [0.1, 0.15) is 16.7 Å². The summed E-state index contributed by atoms with van der Waals surface area (Å²) in [4.78, 5) is 0.1000. The van der Waals surface area contributed by atoms with Crippen molar-refractivity contribution < 1.29 is 13.5 Å². The van der Waals surface area contributed by atoms with E-state index in [9.17, 15) is 13.5 Å². The lowest BCUT2D eigenvalue weighted by molar-refractivity contribution is 0.280. The molecule has 0 unspecified atom stereocenters. The van der Waals surface area contributed by atoms with Gasteiger partial charge in [-0.25, -0.2) is 13.1 Å². The molecular weight excluding hydrogens is 288 g/mol. The van der Waals surface area contributed by atoms with Gasteiger partial charge in [0.2, 0.25) is 10.0 Å². The van der Waals surface area contributed by atoms with Gasteiger partial charge in [0.05, 0.1) is 23.1 Å². The van der Waals surface area contributed by atoms with Crippen molar-refractivity contribution in [1.82, 2.24) is 4.72 Å². The first kappa shape index (κ1) is 15.2. The van der Waals surface area contributed by atoms with Crippen molar-refractivity contribution in [2.45, 2.75) is 18.0 Å². The highest BCUT2D eigenvalue weighted by Crippen LogP contribution is 2.13. The van der Waals surface area contributed by atoms with Gasteiger partial charge in [0.1, 0.15) is 0 Å². The maximum atomic E-state index is 12.1. The van der Waals surface area contributed by atoms with Gasteiger partial charge in [-0.1, -0.05) is 24.3 Å². The van der Waals surface area contributed by atoms with Crippen LogP contribution in [-0.4, -0.2) is 13.5 Å². The molecule has 6 heteroatoms. The van der Waals surface area contributed by atoms with Crippen molar-refractivity contribution in [2.24, 2.45) is 0 Å². The molecule has 21 heavy (non-hydrogen) atoms. The zero-order valence-electron chi connectivity index (χ0n) is 11.2. The van der Waals surface area contributed by atoms with Gasteiger partial charge >= 0.3 is 0 Å². The fourth-order valence-electron chi connectivity index (χ4n) is 1.85. The molecule has 0 atom stereocenters. The van der Waals surface area contributed by atoms with Gasteiger partial charge in [0.25, 0.3) is 0 Å². The van der Waals surface area contributed by atoms with E-state index in [0.717, 1.165) is 5.56 Å². The van der Waals surface area contributed by atoms with Gasteiger partial charge in [0, 0.05) is 6.54 Å². The average Bonchev–Trinajstić information content (AvgIpc) is 2.53. The predicted octanol–water partition coefficient (Wildman–Crippen LogP) is 1.53. The molecule has 0 heterocycles. The van der Waals surface area contributed by atoms with Gasteiger partial charge in [0.15, 0.2) is 0 Å². The molecule has 0 bridgehead atoms. The third-order valence-corrected chi connectivity index (χ3v) is 4.45. The predicted molar refractivity (Wildman–Crippen MR) is 77.5 cm³/mol. The van der Waals surface area contributed by atoms with E-state index >= 15 is 0 Å². The fourth-order valence-corrected chi connectivity index (χ4v) is 2.86. The molecular formula is C15H14N2O3S. The zero-order valence-corrected chi connectivity index (χ0v) is 12.0. The number of aliphatic hydroxyl groups is 1. The molecule has 0 spiro atoms. The van der Waals surface area contributed by atoms with Gasteiger partial charge in [-0.15, -0.1) is 0 Å². The van der Waals surface area contributed by atoms with Crippen LogP contribution >= 0.6 is 0 Å². The molecule has 0 saturated heterocycles. The highest BCUT2D eigenvalue weighted by Gasteiger charge is 2.14. The molecule has 0 saturated carbocycles. The van der Waals surface area contributed by atoms with E-state index in [1.54, 1.807) is 24.3 Å². The maximum Gasteiger partial charge on any atom is 0.240 e. The van der Waals surface area contributed by atoms with Gasteiger partial charge in [-0.3, -0.25) is 0 Å². The van der Waals surface area contributed by atoms with E-state index in [4.69, 9.17) is 5.26 Å². The lowest BCUT2D eigenvalue weighted by Crippen LogP contribution is -2.23. The SMILES string of the molecule is N#Cc1ccc(S(=O)(=O)NCc2ccccc2CO)cc1. The Morgan fingerprint density at radius 2 is 1.67 bits per heavy atom. The number of sulfonamides is 1. The standard InChI is InChI=1S/C15H14N2O3S/c16-9-12-5-7-15(8-6-12)21(19,20)17-10-13-3-1-2-4-14(13)11-18/h1-8,17-18H,10-11H2. The number of nitrogens with one attached hydrogen (secondary N) is 1. The summed E-state index contributed by atoms with van der Waals surface area (Å²) in [6.07, 6.45) is 0. The minimum Gasteiger partial charge on any atom is -0.392 e. The van der Waals surface area contributed by atoms with Crippen LogP contribution in [0.4, 0.5) is 0 Å². The quantitative estimate of drug-likeness (QED) is 0.876. The first-order valence-corrected chi connectivity index (χ1v) is 7.72. The number of nitriles is 1. The van der Waals surface area contributed by atoms with Crippen molar-refractivity contribution >= 4 is 10.0 Å². The highest BCUT2D eigenvalue weighted by molar-refractivity contribution is 7.89. The maximum absolute atomic E-state index is 12.1. The molecule has 0 aliphatic carbocycles. The second-order valence-corrected chi connectivity index (χ2v) is 6.15. The molecule has 2 aromatic carbocycles. The Labute approximate surface area is 123 Å². The number of benzene rings is 2. The smallest absolute Gasteiger partial charge is 0.240 e. The number of hydrogen-bond donors (Lipinski definition) is 2. The molecule has 2 aromatic rings. The Bertz CT molecular complexity index is 762. The van der Waals surface area contributed by atoms with Crippen molar-refractivity contribution in [3.63, 3.8) is 0 Å². The first-order valence-electron chi connectivity index (χ1n) is 6.24. The largest absolute Gasteiger partial charge is 0.392 e. The van der Waals surface area contributed by atoms with Crippen molar-refractivity contribution in [3.05, 3.63) is 65.2 Å². The Morgan fingerprint density at radius 3 is 2.24 bits per heavy atom. The monoisotopic (exact) mass is 302 g/mol. The van der Waals surface area contributed by atoms with E-state index in [1.165, 1.54) is 24.3 Å². The second kappa shape index (κ2) is 6.50. The van der Waals surface area contributed by atoms with Crippen LogP contribution in [0.15, 0.2) is 53.4 Å². The van der Waals surface area contributed by atoms with E-state index in [-0.39, 0.29) is 18.0 Å². The summed E-state index contributed by atoms with van der Waals surface area (Å²) in [6.45, 7) is -0.0478. The summed E-state index contributed by atoms with van der Waals surface area (Å²) in [5.41, 5.74) is 1.80. The Hall–Kier alpha value is -2.20. The second-order valence-electron chi connectivity index (χ2n) is 4.39. The van der Waals surface area contributed by atoms with Crippen LogP contribution in [0.5, 0.6) is 0 Å². The third kappa shape index (κ3) is 3.67. The van der Waals surface area contributed by atoms with Crippen LogP contribution in [-0.2, 0) is 23.2 Å². The lowest BCUT2D eigenvalue weighted by atomic mass is 10.1. The van der Waals surface area contributed by atoms with Crippen molar-refractivity contribution in [1.29, 1.82) is 5.26 Å². The van der Waals surface area contributed by atoms with E-state index < -0.39 is 10.0 Å². The van der Waals surface area contributed by atoms with Crippen LogP contribution < -0.4 is 4.72 Å². The zero-order chi connectivity index (χ0) is 15.3. The topological polar surface area (TPSA) is 90.2 Å². The third-order valence-electron chi connectivity index (χ3n) is 3.04. The normalized spacial score (nSPS) is 11.0. The number of rotatable bonds is 5. The molecule has 2 N–H and O–H groups in total. The number of aliphatic hydroxyl groups excluding tert-OH is 1. The Kier molecular flexibility index (Phi) is 4.70. The van der Waals surface area contributed by atoms with Gasteiger partial charge in [-0.05, 0) is 35.4 Å². The summed E-state index contributed by atoms with van der Waals surface area (Å²) >= 11 is 0. The summed E-state index contributed by atoms with van der Waals surface area (Å²) < 4.78 is 26.8. The Balaban J connectivity index is 2.16. The van der Waals surface area contributed by atoms with Crippen molar-refractivity contribution in [2.75, 3.05) is 0 Å². The van der Waals surface area contributed by atoms with Gasteiger partial charge < -0.3 is 5.11 Å². The summed E-state index contributed by atoms with van der Waals surface area (Å²) in [5.74, 6) is 0. The van der Waals surface area contributed by atoms with Crippen LogP contribution in [0, 0.1) is 11.3 Å². The molecule has 0 aromatic heterocycles. The molecule has 0 radical (unpaired) electrons. The molecule has 5 nitrogen and oxygen atoms in total. The molecule has 108 valence electrons. The summed E-state index contributed by atoms with van der Waals surface area (Å²) in [5, 5.41) is 17.9. The highest BCUT2D eigenvalue weighted by atomic mass is 32.2. The van der Waals surface area contributed by atoms with E-state index in [0.29, 0.717) is 11.1 Å².